The number of aliphatic hydroxyl groups excluding tert-OH is 1. The number of aliphatic hydroxyl groups is 1. The number of hydrogen-bond donors (Lipinski definition) is 4. The van der Waals surface area contributed by atoms with Crippen molar-refractivity contribution in [3.63, 3.8) is 0 Å². The van der Waals surface area contributed by atoms with Crippen LogP contribution in [0.15, 0.2) is 18.3 Å². The van der Waals surface area contributed by atoms with Gasteiger partial charge in [0.1, 0.15) is 5.82 Å². The summed E-state index contributed by atoms with van der Waals surface area (Å²) < 4.78 is 0. The molecular weight excluding hydrogens is 376 g/mol. The molecule has 0 aliphatic heterocycles. The number of hydrogen-bond acceptors (Lipinski definition) is 6. The Morgan fingerprint density at radius 3 is 2.63 bits per heavy atom. The Kier molecular flexibility index (Phi) is 5.06. The molecule has 0 aromatic carbocycles. The van der Waals surface area contributed by atoms with Crippen LogP contribution in [-0.4, -0.2) is 43.7 Å². The van der Waals surface area contributed by atoms with E-state index >= 15 is 0 Å². The van der Waals surface area contributed by atoms with Crippen molar-refractivity contribution in [1.29, 1.82) is 0 Å². The second-order valence-corrected chi connectivity index (χ2v) is 8.87. The lowest BCUT2D eigenvalue weighted by molar-refractivity contribution is 0.229. The van der Waals surface area contributed by atoms with Gasteiger partial charge in [-0.1, -0.05) is 0 Å². The summed E-state index contributed by atoms with van der Waals surface area (Å²) in [5.41, 5.74) is 5.00. The molecule has 0 spiro atoms. The number of anilines is 2. The summed E-state index contributed by atoms with van der Waals surface area (Å²) in [6, 6.07) is 4.99. The van der Waals surface area contributed by atoms with Gasteiger partial charge in [0, 0.05) is 30.3 Å². The number of aromatic nitrogens is 4. The van der Waals surface area contributed by atoms with E-state index in [1.165, 1.54) is 19.3 Å². The molecule has 2 atom stereocenters. The highest BCUT2D eigenvalue weighted by Crippen LogP contribution is 2.36. The summed E-state index contributed by atoms with van der Waals surface area (Å²) in [5, 5.41) is 17.9. The molecule has 7 heteroatoms. The molecular formula is C23H30N6O. The Labute approximate surface area is 176 Å². The van der Waals surface area contributed by atoms with Crippen molar-refractivity contribution in [2.75, 3.05) is 17.2 Å². The first kappa shape index (κ1) is 19.3. The van der Waals surface area contributed by atoms with Gasteiger partial charge in [-0.15, -0.1) is 0 Å². The van der Waals surface area contributed by atoms with Gasteiger partial charge in [-0.2, -0.15) is 4.98 Å². The van der Waals surface area contributed by atoms with Crippen LogP contribution >= 0.6 is 0 Å². The fourth-order valence-electron chi connectivity index (χ4n) is 4.69. The van der Waals surface area contributed by atoms with Crippen molar-refractivity contribution in [2.45, 2.75) is 64.5 Å². The Morgan fingerprint density at radius 1 is 1.07 bits per heavy atom. The van der Waals surface area contributed by atoms with E-state index in [0.29, 0.717) is 23.9 Å². The van der Waals surface area contributed by atoms with Crippen LogP contribution in [0, 0.1) is 19.8 Å². The predicted octanol–water partition coefficient (Wildman–Crippen LogP) is 4.17. The number of fused-ring (bicyclic) bond motifs is 1. The minimum Gasteiger partial charge on any atom is -0.396 e. The van der Waals surface area contributed by atoms with Gasteiger partial charge in [0.25, 0.3) is 0 Å². The van der Waals surface area contributed by atoms with E-state index in [2.05, 4.69) is 33.6 Å². The summed E-state index contributed by atoms with van der Waals surface area (Å²) in [5.74, 6) is 1.95. The molecule has 0 bridgehead atoms. The minimum absolute atomic E-state index is 0.261. The van der Waals surface area contributed by atoms with Gasteiger partial charge in [-0.3, -0.25) is 4.98 Å². The maximum Gasteiger partial charge on any atom is 0.225 e. The van der Waals surface area contributed by atoms with Crippen molar-refractivity contribution >= 4 is 22.7 Å². The molecule has 5 rings (SSSR count). The van der Waals surface area contributed by atoms with Crippen LogP contribution in [0.1, 0.15) is 49.9 Å². The summed E-state index contributed by atoms with van der Waals surface area (Å²) in [6.45, 7) is 4.33. The lowest BCUT2D eigenvalue weighted by Crippen LogP contribution is -2.28. The lowest BCUT2D eigenvalue weighted by atomic mass is 9.93. The second kappa shape index (κ2) is 7.87. The third-order valence-corrected chi connectivity index (χ3v) is 6.67. The van der Waals surface area contributed by atoms with Gasteiger partial charge < -0.3 is 20.7 Å². The molecule has 0 amide bonds. The minimum atomic E-state index is 0.261. The molecule has 2 unspecified atom stereocenters. The number of rotatable bonds is 6. The van der Waals surface area contributed by atoms with Gasteiger partial charge in [-0.25, -0.2) is 4.98 Å². The van der Waals surface area contributed by atoms with Crippen LogP contribution in [-0.2, 0) is 0 Å². The zero-order valence-electron chi connectivity index (χ0n) is 17.7. The van der Waals surface area contributed by atoms with Crippen LogP contribution in [0.3, 0.4) is 0 Å². The van der Waals surface area contributed by atoms with E-state index in [4.69, 9.17) is 9.97 Å². The molecule has 2 aliphatic rings. The Hall–Kier alpha value is -2.67. The molecule has 3 heterocycles. The topological polar surface area (TPSA) is 98.8 Å². The largest absolute Gasteiger partial charge is 0.396 e. The number of aromatic amines is 1. The molecule has 3 aromatic rings. The molecule has 0 radical (unpaired) electrons. The molecule has 3 aromatic heterocycles. The van der Waals surface area contributed by atoms with Crippen molar-refractivity contribution in [3.05, 3.63) is 29.7 Å². The molecule has 158 valence electrons. The molecule has 4 N–H and O–H groups in total. The van der Waals surface area contributed by atoms with Crippen LogP contribution in [0.5, 0.6) is 0 Å². The number of pyridine rings is 1. The summed E-state index contributed by atoms with van der Waals surface area (Å²) in [6.07, 6.45) is 8.56. The second-order valence-electron chi connectivity index (χ2n) is 8.87. The quantitative estimate of drug-likeness (QED) is 0.490. The predicted molar refractivity (Wildman–Crippen MR) is 120 cm³/mol. The van der Waals surface area contributed by atoms with E-state index in [0.717, 1.165) is 58.6 Å². The first-order valence-corrected chi connectivity index (χ1v) is 11.1. The number of nitrogens with zero attached hydrogens (tertiary/aromatic N) is 3. The van der Waals surface area contributed by atoms with E-state index in [1.807, 2.05) is 19.2 Å². The normalized spacial score (nSPS) is 21.7. The number of aryl methyl sites for hydroxylation is 2. The van der Waals surface area contributed by atoms with Gasteiger partial charge in [-0.05, 0) is 70.4 Å². The smallest absolute Gasteiger partial charge is 0.225 e. The van der Waals surface area contributed by atoms with E-state index in [9.17, 15) is 5.11 Å². The van der Waals surface area contributed by atoms with Crippen LogP contribution < -0.4 is 10.6 Å². The molecule has 30 heavy (non-hydrogen) atoms. The first-order valence-electron chi connectivity index (χ1n) is 11.1. The average Bonchev–Trinajstić information content (AvgIpc) is 3.32. The third-order valence-electron chi connectivity index (χ3n) is 6.67. The van der Waals surface area contributed by atoms with Crippen molar-refractivity contribution in [3.8, 4) is 11.3 Å². The van der Waals surface area contributed by atoms with Gasteiger partial charge >= 0.3 is 0 Å². The van der Waals surface area contributed by atoms with Crippen molar-refractivity contribution in [2.24, 2.45) is 5.92 Å². The Bertz CT molecular complexity index is 1060. The van der Waals surface area contributed by atoms with Gasteiger partial charge in [0.15, 0.2) is 0 Å². The first-order chi connectivity index (χ1) is 14.6. The highest BCUT2D eigenvalue weighted by molar-refractivity contribution is 5.90. The van der Waals surface area contributed by atoms with E-state index < -0.39 is 0 Å². The van der Waals surface area contributed by atoms with Gasteiger partial charge in [0.2, 0.25) is 5.95 Å². The standard InChI is InChI=1S/C23H30N6O/c1-13-20(19-11-16-8-9-24-14(2)21(16)28-19)22(26-18-7-6-15(10-18)12-30)29-23(25-13)27-17-4-3-5-17/h8-9,11,15,17-18,28,30H,3-7,10,12H2,1-2H3,(H2,25,26,27,29). The molecule has 2 aliphatic carbocycles. The van der Waals surface area contributed by atoms with E-state index in [1.54, 1.807) is 0 Å². The fraction of sp³-hybridized carbons (Fsp3) is 0.522. The van der Waals surface area contributed by atoms with Crippen LogP contribution in [0.4, 0.5) is 11.8 Å². The number of nitrogens with one attached hydrogen (secondary N) is 3. The lowest BCUT2D eigenvalue weighted by Gasteiger charge is -2.27. The zero-order chi connectivity index (χ0) is 20.7. The average molecular weight is 407 g/mol. The third kappa shape index (κ3) is 3.62. The Morgan fingerprint density at radius 2 is 1.93 bits per heavy atom. The zero-order valence-corrected chi connectivity index (χ0v) is 17.7. The van der Waals surface area contributed by atoms with Crippen LogP contribution in [0.25, 0.3) is 22.2 Å². The monoisotopic (exact) mass is 406 g/mol. The SMILES string of the molecule is Cc1nc(NC2CCC2)nc(NC2CCC(CO)C2)c1-c1cc2ccnc(C)c2[nH]1. The highest BCUT2D eigenvalue weighted by atomic mass is 16.3. The maximum absolute atomic E-state index is 9.54. The maximum atomic E-state index is 9.54. The van der Waals surface area contributed by atoms with E-state index in [-0.39, 0.29) is 6.61 Å². The highest BCUT2D eigenvalue weighted by Gasteiger charge is 2.27. The molecule has 0 saturated heterocycles. The molecule has 2 fully saturated rings. The Balaban J connectivity index is 1.54. The molecule has 7 nitrogen and oxygen atoms in total. The number of H-pyrrole nitrogens is 1. The molecule has 2 saturated carbocycles. The summed E-state index contributed by atoms with van der Waals surface area (Å²) in [4.78, 5) is 17.7. The summed E-state index contributed by atoms with van der Waals surface area (Å²) in [7, 11) is 0. The van der Waals surface area contributed by atoms with Crippen molar-refractivity contribution < 1.29 is 5.11 Å². The van der Waals surface area contributed by atoms with Crippen LogP contribution in [0.2, 0.25) is 0 Å². The van der Waals surface area contributed by atoms with Crippen molar-refractivity contribution in [1.82, 2.24) is 19.9 Å². The summed E-state index contributed by atoms with van der Waals surface area (Å²) >= 11 is 0. The fourth-order valence-corrected chi connectivity index (χ4v) is 4.69. The van der Waals surface area contributed by atoms with Gasteiger partial charge in [0.05, 0.1) is 28.2 Å².